The minimum absolute atomic E-state index is 0.0159. The number of benzene rings is 1. The van der Waals surface area contributed by atoms with Crippen LogP contribution in [0.3, 0.4) is 0 Å². The number of anilines is 1. The van der Waals surface area contributed by atoms with Gasteiger partial charge >= 0.3 is 23.5 Å². The average Bonchev–Trinajstić information content (AvgIpc) is 3.72. The predicted molar refractivity (Wildman–Crippen MR) is 252 cm³/mol. The normalized spacial score (nSPS) is 21.5. The van der Waals surface area contributed by atoms with E-state index < -0.39 is 90.0 Å². The third-order valence-corrected chi connectivity index (χ3v) is 15.7. The average molecular weight is 1050 g/mol. The van der Waals surface area contributed by atoms with E-state index in [1.165, 1.54) is 57.1 Å². The molecule has 2 aliphatic rings. The van der Waals surface area contributed by atoms with E-state index in [0.717, 1.165) is 42.9 Å². The maximum absolute atomic E-state index is 13.0. The molecule has 3 heterocycles. The maximum Gasteiger partial charge on any atom is 0.481 e. The molecule has 1 saturated carbocycles. The van der Waals surface area contributed by atoms with Crippen molar-refractivity contribution in [2.75, 3.05) is 32.0 Å². The van der Waals surface area contributed by atoms with E-state index in [2.05, 4.69) is 65.6 Å². The number of carbonyl (C=O) groups is 3. The number of nitrogens with two attached hydrogens (primary N) is 1. The molecule has 7 unspecified atom stereocenters. The van der Waals surface area contributed by atoms with Crippen LogP contribution in [-0.4, -0.2) is 118 Å². The third kappa shape index (κ3) is 17.3. The highest BCUT2D eigenvalue weighted by Crippen LogP contribution is 2.61. The van der Waals surface area contributed by atoms with Gasteiger partial charge in [-0.2, -0.15) is 4.31 Å². The summed E-state index contributed by atoms with van der Waals surface area (Å²) in [5, 5.41) is 26.7. The molecular weight excluding hydrogens is 979 g/mol. The topological polar surface area (TPSA) is 364 Å². The fourth-order valence-corrected chi connectivity index (χ4v) is 10.7. The molecule has 24 nitrogen and oxygen atoms in total. The van der Waals surface area contributed by atoms with Crippen LogP contribution in [0.15, 0.2) is 36.9 Å². The standard InChI is InChI=1S/C43H68N7O17P3/c1-41(2,18-8-6-10-28-12-14-29(15-13-28)11-7-9-19-43(5)20-21-43)31(51)16-22-45-32(52)17-23-46-39(55)36(54)42(3,4)25-64-70(61,62)67-69(59,60)63-24-30-35(66-68(56,57)58)34(53)40(65-30)50-27-49-33-37(44)47-26-48-38(33)50/h12-15,26-27,30,34-36,40,53-54H,6-11,16-25H2,1-5H3,(H,45,52)(H,46,55)(H,59,60)(H,61,62)(H2,44,47,48)(H2,56,57,58). The third-order valence-electron chi connectivity index (χ3n) is 12.6. The largest absolute Gasteiger partial charge is 0.481 e. The number of hydrogen-bond acceptors (Lipinski definition) is 17. The molecule has 0 bridgehead atoms. The number of hydrogen-bond donors (Lipinski definition) is 9. The van der Waals surface area contributed by atoms with Crippen LogP contribution in [0.1, 0.15) is 116 Å². The highest BCUT2D eigenvalue weighted by molar-refractivity contribution is 7.61. The molecule has 5 rings (SSSR count). The number of nitrogen functional groups attached to an aromatic ring is 1. The van der Waals surface area contributed by atoms with Crippen molar-refractivity contribution in [2.24, 2.45) is 16.2 Å². The molecule has 2 fully saturated rings. The number of carbonyl (C=O) groups excluding carboxylic acids is 3. The molecule has 10 N–H and O–H groups in total. The lowest BCUT2D eigenvalue weighted by atomic mass is 9.81. The second-order valence-corrected chi connectivity index (χ2v) is 23.9. The van der Waals surface area contributed by atoms with Crippen LogP contribution in [-0.2, 0) is 63.5 Å². The van der Waals surface area contributed by atoms with Crippen molar-refractivity contribution < 1.29 is 80.5 Å². The van der Waals surface area contributed by atoms with E-state index in [4.69, 9.17) is 19.5 Å². The molecule has 0 radical (unpaired) electrons. The van der Waals surface area contributed by atoms with Crippen molar-refractivity contribution in [3.8, 4) is 0 Å². The molecule has 2 aromatic heterocycles. The Morgan fingerprint density at radius 2 is 1.51 bits per heavy atom. The van der Waals surface area contributed by atoms with Crippen molar-refractivity contribution in [3.63, 3.8) is 0 Å². The summed E-state index contributed by atoms with van der Waals surface area (Å²) >= 11 is 0. The summed E-state index contributed by atoms with van der Waals surface area (Å²) < 4.78 is 62.6. The van der Waals surface area contributed by atoms with Gasteiger partial charge in [0.15, 0.2) is 17.7 Å². The van der Waals surface area contributed by atoms with Gasteiger partial charge in [0, 0.05) is 36.8 Å². The van der Waals surface area contributed by atoms with Crippen molar-refractivity contribution in [1.29, 1.82) is 0 Å². The number of ether oxygens (including phenoxy) is 1. The number of aryl methyl sites for hydroxylation is 2. The van der Waals surface area contributed by atoms with E-state index >= 15 is 0 Å². The first kappa shape index (κ1) is 57.3. The highest BCUT2D eigenvalue weighted by Gasteiger charge is 2.50. The van der Waals surface area contributed by atoms with Gasteiger partial charge in [-0.15, -0.1) is 0 Å². The minimum atomic E-state index is -5.59. The minimum Gasteiger partial charge on any atom is -0.386 e. The molecule has 0 spiro atoms. The number of aliphatic hydroxyl groups excluding tert-OH is 2. The lowest BCUT2D eigenvalue weighted by Gasteiger charge is -2.30. The molecule has 1 aromatic carbocycles. The molecule has 1 aliphatic heterocycles. The van der Waals surface area contributed by atoms with E-state index in [1.807, 2.05) is 13.8 Å². The zero-order valence-electron chi connectivity index (χ0n) is 40.0. The highest BCUT2D eigenvalue weighted by atomic mass is 31.3. The van der Waals surface area contributed by atoms with Crippen LogP contribution in [0.4, 0.5) is 5.82 Å². The number of amides is 2. The Bertz CT molecular complexity index is 2410. The second-order valence-electron chi connectivity index (χ2n) is 19.7. The van der Waals surface area contributed by atoms with E-state index in [-0.39, 0.29) is 48.7 Å². The summed E-state index contributed by atoms with van der Waals surface area (Å²) in [6.07, 6.45) is 4.31. The first-order chi connectivity index (χ1) is 32.6. The van der Waals surface area contributed by atoms with Gasteiger partial charge in [0.2, 0.25) is 11.8 Å². The first-order valence-corrected chi connectivity index (χ1v) is 27.6. The number of aliphatic hydroxyl groups is 2. The Hall–Kier alpha value is -3.57. The van der Waals surface area contributed by atoms with Crippen molar-refractivity contribution in [2.45, 2.75) is 142 Å². The molecule has 1 saturated heterocycles. The number of phosphoric acid groups is 3. The van der Waals surface area contributed by atoms with Crippen molar-refractivity contribution in [1.82, 2.24) is 30.2 Å². The van der Waals surface area contributed by atoms with Crippen LogP contribution >= 0.6 is 23.5 Å². The zero-order chi connectivity index (χ0) is 51.7. The predicted octanol–water partition coefficient (Wildman–Crippen LogP) is 4.32. The van der Waals surface area contributed by atoms with Crippen LogP contribution in [0, 0.1) is 16.2 Å². The Kier molecular flexibility index (Phi) is 19.6. The molecule has 2 amide bonds. The lowest BCUT2D eigenvalue weighted by molar-refractivity contribution is -0.137. The summed E-state index contributed by atoms with van der Waals surface area (Å²) in [5.41, 5.74) is 6.96. The molecule has 3 aromatic rings. The van der Waals surface area contributed by atoms with Crippen LogP contribution in [0.25, 0.3) is 11.2 Å². The first-order valence-electron chi connectivity index (χ1n) is 23.1. The zero-order valence-corrected chi connectivity index (χ0v) is 42.7. The SMILES string of the molecule is CC1(CCCCc2ccc(CCCCC(C)(C)C(=O)CCNC(=O)CCNC(=O)C(O)C(C)(C)COP(=O)(O)OP(=O)(O)OCC3OC(n4cnc5c(N)ncnc54)C(O)C3OP(=O)(O)O)cc2)CC1. The molecule has 7 atom stereocenters. The van der Waals surface area contributed by atoms with Gasteiger partial charge in [0.05, 0.1) is 19.5 Å². The Morgan fingerprint density at radius 3 is 2.14 bits per heavy atom. The molecule has 1 aliphatic carbocycles. The van der Waals surface area contributed by atoms with Crippen LogP contribution in [0.5, 0.6) is 0 Å². The number of rotatable bonds is 30. The summed E-state index contributed by atoms with van der Waals surface area (Å²) in [7, 11) is -16.4. The number of ketones is 1. The second kappa shape index (κ2) is 24.0. The van der Waals surface area contributed by atoms with Gasteiger partial charge in [0.1, 0.15) is 42.0 Å². The smallest absolute Gasteiger partial charge is 0.386 e. The summed E-state index contributed by atoms with van der Waals surface area (Å²) in [4.78, 5) is 89.6. The summed E-state index contributed by atoms with van der Waals surface area (Å²) in [5.74, 6) is -1.46. The lowest BCUT2D eigenvalue weighted by Crippen LogP contribution is -2.46. The fourth-order valence-electron chi connectivity index (χ4n) is 7.85. The number of imidazole rings is 1. The number of nitrogens with zero attached hydrogens (tertiary/aromatic N) is 4. The Labute approximate surface area is 406 Å². The molecule has 27 heteroatoms. The van der Waals surface area contributed by atoms with Gasteiger partial charge in [-0.05, 0) is 67.9 Å². The van der Waals surface area contributed by atoms with E-state index in [9.17, 15) is 57.9 Å². The van der Waals surface area contributed by atoms with Gasteiger partial charge < -0.3 is 50.9 Å². The monoisotopic (exact) mass is 1050 g/mol. The van der Waals surface area contributed by atoms with E-state index in [0.29, 0.717) is 11.8 Å². The van der Waals surface area contributed by atoms with E-state index in [1.54, 1.807) is 0 Å². The van der Waals surface area contributed by atoms with Gasteiger partial charge in [-0.3, -0.25) is 32.5 Å². The molecule has 392 valence electrons. The Balaban J connectivity index is 0.969. The fraction of sp³-hybridized carbons (Fsp3) is 0.674. The van der Waals surface area contributed by atoms with Gasteiger partial charge in [0.25, 0.3) is 0 Å². The number of unbranched alkanes of at least 4 members (excludes halogenated alkanes) is 2. The van der Waals surface area contributed by atoms with Crippen molar-refractivity contribution in [3.05, 3.63) is 48.0 Å². The van der Waals surface area contributed by atoms with Crippen LogP contribution < -0.4 is 16.4 Å². The summed E-state index contributed by atoms with van der Waals surface area (Å²) in [6.45, 7) is 6.57. The molecular formula is C43H68N7O17P3. The summed E-state index contributed by atoms with van der Waals surface area (Å²) in [6, 6.07) is 8.85. The van der Waals surface area contributed by atoms with Crippen molar-refractivity contribution >= 4 is 58.0 Å². The number of nitrogens with one attached hydrogen (secondary N) is 2. The number of Topliss-reactive ketones (excluding diaryl/α,β-unsaturated/α-hetero) is 1. The van der Waals surface area contributed by atoms with Crippen LogP contribution in [0.2, 0.25) is 0 Å². The molecule has 70 heavy (non-hydrogen) atoms. The number of phosphoric ester groups is 3. The van der Waals surface area contributed by atoms with Gasteiger partial charge in [-0.25, -0.2) is 28.6 Å². The number of aromatic nitrogens is 4. The Morgan fingerprint density at radius 1 is 0.900 bits per heavy atom. The van der Waals surface area contributed by atoms with Gasteiger partial charge in [-0.1, -0.05) is 71.7 Å². The quantitative estimate of drug-likeness (QED) is 0.0331. The number of fused-ring (bicyclic) bond motifs is 1. The maximum atomic E-state index is 13.0.